The lowest BCUT2D eigenvalue weighted by molar-refractivity contribution is 0.132. The number of hydrogen-bond donors (Lipinski definition) is 3. The van der Waals surface area contributed by atoms with Crippen LogP contribution in [-0.4, -0.2) is 33.9 Å². The summed E-state index contributed by atoms with van der Waals surface area (Å²) < 4.78 is 0. The molecule has 0 aromatic carbocycles. The lowest BCUT2D eigenvalue weighted by atomic mass is 9.98. The quantitative estimate of drug-likeness (QED) is 0.702. The molecule has 0 amide bonds. The second kappa shape index (κ2) is 5.62. The van der Waals surface area contributed by atoms with Crippen LogP contribution in [0.2, 0.25) is 0 Å². The van der Waals surface area contributed by atoms with Gasteiger partial charge < -0.3 is 15.5 Å². The summed E-state index contributed by atoms with van der Waals surface area (Å²) in [4.78, 5) is 4.22. The van der Waals surface area contributed by atoms with Crippen LogP contribution >= 0.6 is 0 Å². The minimum absolute atomic E-state index is 0.222. The Morgan fingerprint density at radius 3 is 2.53 bits per heavy atom. The highest BCUT2D eigenvalue weighted by Gasteiger charge is 2.27. The largest absolute Gasteiger partial charge is 0.394 e. The maximum Gasteiger partial charge on any atom is 0.144 e. The summed E-state index contributed by atoms with van der Waals surface area (Å²) in [6.45, 7) is 3.22. The molecule has 0 aliphatic heterocycles. The molecular formula is C12H17N3O2. The van der Waals surface area contributed by atoms with Crippen molar-refractivity contribution in [1.82, 2.24) is 4.98 Å². The van der Waals surface area contributed by atoms with E-state index in [0.29, 0.717) is 17.8 Å². The SMILES string of the molecule is CCC(CO)(CO)Nc1nc(C)ccc1C#N. The van der Waals surface area contributed by atoms with Gasteiger partial charge in [-0.15, -0.1) is 0 Å². The first kappa shape index (κ1) is 13.4. The number of aromatic nitrogens is 1. The molecule has 0 saturated carbocycles. The molecule has 17 heavy (non-hydrogen) atoms. The van der Waals surface area contributed by atoms with E-state index in [2.05, 4.69) is 10.3 Å². The third kappa shape index (κ3) is 2.93. The number of nitrogens with zero attached hydrogens (tertiary/aromatic N) is 2. The standard InChI is InChI=1S/C12H17N3O2/c1-3-12(7-16,8-17)15-11-10(6-13)5-4-9(2)14-11/h4-5,16-17H,3,7-8H2,1-2H3,(H,14,15). The molecule has 0 unspecified atom stereocenters. The molecule has 0 bridgehead atoms. The van der Waals surface area contributed by atoms with Gasteiger partial charge in [0.05, 0.1) is 24.3 Å². The van der Waals surface area contributed by atoms with E-state index in [-0.39, 0.29) is 13.2 Å². The Morgan fingerprint density at radius 2 is 2.06 bits per heavy atom. The fraction of sp³-hybridized carbons (Fsp3) is 0.500. The number of anilines is 1. The van der Waals surface area contributed by atoms with Crippen molar-refractivity contribution < 1.29 is 10.2 Å². The fourth-order valence-corrected chi connectivity index (χ4v) is 1.43. The molecule has 0 radical (unpaired) electrons. The normalized spacial score (nSPS) is 11.0. The Kier molecular flexibility index (Phi) is 4.44. The summed E-state index contributed by atoms with van der Waals surface area (Å²) in [6, 6.07) is 5.44. The minimum Gasteiger partial charge on any atom is -0.394 e. The van der Waals surface area contributed by atoms with Crippen LogP contribution in [0.4, 0.5) is 5.82 Å². The smallest absolute Gasteiger partial charge is 0.144 e. The summed E-state index contributed by atoms with van der Waals surface area (Å²) in [7, 11) is 0. The third-order valence-corrected chi connectivity index (χ3v) is 2.82. The van der Waals surface area contributed by atoms with E-state index >= 15 is 0 Å². The number of nitriles is 1. The van der Waals surface area contributed by atoms with Gasteiger partial charge in [-0.3, -0.25) is 0 Å². The molecule has 92 valence electrons. The lowest BCUT2D eigenvalue weighted by Crippen LogP contribution is -2.45. The van der Waals surface area contributed by atoms with E-state index in [0.717, 1.165) is 5.69 Å². The molecule has 5 heteroatoms. The van der Waals surface area contributed by atoms with Crippen molar-refractivity contribution in [2.45, 2.75) is 25.8 Å². The zero-order chi connectivity index (χ0) is 12.9. The average Bonchev–Trinajstić information content (AvgIpc) is 2.36. The summed E-state index contributed by atoms with van der Waals surface area (Å²) in [5.74, 6) is 0.400. The predicted octanol–water partition coefficient (Wildman–Crippen LogP) is 0.807. The number of rotatable bonds is 5. The van der Waals surface area contributed by atoms with E-state index in [1.165, 1.54) is 0 Å². The van der Waals surface area contributed by atoms with Gasteiger partial charge in [-0.25, -0.2) is 4.98 Å². The van der Waals surface area contributed by atoms with Gasteiger partial charge in [0.15, 0.2) is 0 Å². The van der Waals surface area contributed by atoms with Crippen LogP contribution in [0.15, 0.2) is 12.1 Å². The van der Waals surface area contributed by atoms with Gasteiger partial charge >= 0.3 is 0 Å². The zero-order valence-electron chi connectivity index (χ0n) is 10.1. The van der Waals surface area contributed by atoms with E-state index in [1.54, 1.807) is 12.1 Å². The van der Waals surface area contributed by atoms with Crippen LogP contribution < -0.4 is 5.32 Å². The van der Waals surface area contributed by atoms with Crippen molar-refractivity contribution in [1.29, 1.82) is 5.26 Å². The topological polar surface area (TPSA) is 89.2 Å². The molecule has 1 rings (SSSR count). The van der Waals surface area contributed by atoms with Gasteiger partial charge in [0.25, 0.3) is 0 Å². The Balaban J connectivity index is 3.09. The van der Waals surface area contributed by atoms with Crippen LogP contribution in [0.3, 0.4) is 0 Å². The third-order valence-electron chi connectivity index (χ3n) is 2.82. The summed E-state index contributed by atoms with van der Waals surface area (Å²) in [5.41, 5.74) is 0.328. The molecule has 0 aliphatic rings. The molecule has 0 fully saturated rings. The first-order chi connectivity index (χ1) is 8.10. The van der Waals surface area contributed by atoms with Gasteiger partial charge in [0.1, 0.15) is 11.9 Å². The highest BCUT2D eigenvalue weighted by molar-refractivity contribution is 5.53. The van der Waals surface area contributed by atoms with Crippen LogP contribution in [0.25, 0.3) is 0 Å². The van der Waals surface area contributed by atoms with Crippen LogP contribution in [0, 0.1) is 18.3 Å². The van der Waals surface area contributed by atoms with Crippen molar-refractivity contribution in [2.24, 2.45) is 0 Å². The molecule has 1 aromatic heterocycles. The first-order valence-corrected chi connectivity index (χ1v) is 5.48. The molecular weight excluding hydrogens is 218 g/mol. The van der Waals surface area contributed by atoms with Gasteiger partial charge in [-0.1, -0.05) is 6.92 Å². The van der Waals surface area contributed by atoms with Crippen molar-refractivity contribution in [3.05, 3.63) is 23.4 Å². The molecule has 0 aliphatic carbocycles. The molecule has 1 heterocycles. The lowest BCUT2D eigenvalue weighted by Gasteiger charge is -2.30. The van der Waals surface area contributed by atoms with E-state index < -0.39 is 5.54 Å². The molecule has 1 aromatic rings. The Labute approximate surface area is 101 Å². The van der Waals surface area contributed by atoms with Gasteiger partial charge in [-0.2, -0.15) is 5.26 Å². The summed E-state index contributed by atoms with van der Waals surface area (Å²) >= 11 is 0. The van der Waals surface area contributed by atoms with Crippen molar-refractivity contribution in [2.75, 3.05) is 18.5 Å². The molecule has 0 atom stereocenters. The van der Waals surface area contributed by atoms with Crippen molar-refractivity contribution in [3.8, 4) is 6.07 Å². The van der Waals surface area contributed by atoms with Gasteiger partial charge in [0.2, 0.25) is 0 Å². The van der Waals surface area contributed by atoms with E-state index in [1.807, 2.05) is 19.9 Å². The highest BCUT2D eigenvalue weighted by Crippen LogP contribution is 2.20. The number of aliphatic hydroxyl groups is 2. The molecule has 5 nitrogen and oxygen atoms in total. The number of hydrogen-bond acceptors (Lipinski definition) is 5. The Hall–Kier alpha value is -1.64. The molecule has 0 saturated heterocycles. The molecule has 0 spiro atoms. The van der Waals surface area contributed by atoms with E-state index in [9.17, 15) is 10.2 Å². The van der Waals surface area contributed by atoms with Crippen molar-refractivity contribution >= 4 is 5.82 Å². The fourth-order valence-electron chi connectivity index (χ4n) is 1.43. The highest BCUT2D eigenvalue weighted by atomic mass is 16.3. The van der Waals surface area contributed by atoms with Crippen LogP contribution in [0.1, 0.15) is 24.6 Å². The average molecular weight is 235 g/mol. The number of pyridine rings is 1. The molecule has 3 N–H and O–H groups in total. The number of nitrogens with one attached hydrogen (secondary N) is 1. The maximum atomic E-state index is 9.34. The van der Waals surface area contributed by atoms with Crippen LogP contribution in [-0.2, 0) is 0 Å². The van der Waals surface area contributed by atoms with E-state index in [4.69, 9.17) is 5.26 Å². The van der Waals surface area contributed by atoms with Crippen LogP contribution in [0.5, 0.6) is 0 Å². The monoisotopic (exact) mass is 235 g/mol. The summed E-state index contributed by atoms with van der Waals surface area (Å²) in [6.07, 6.45) is 0.528. The maximum absolute atomic E-state index is 9.34. The number of aliphatic hydroxyl groups excluding tert-OH is 2. The van der Waals surface area contributed by atoms with Crippen molar-refractivity contribution in [3.63, 3.8) is 0 Å². The van der Waals surface area contributed by atoms with Gasteiger partial charge in [-0.05, 0) is 25.5 Å². The second-order valence-corrected chi connectivity index (χ2v) is 4.04. The Bertz CT molecular complexity index is 414. The Morgan fingerprint density at radius 1 is 1.41 bits per heavy atom. The zero-order valence-corrected chi connectivity index (χ0v) is 10.1. The summed E-state index contributed by atoms with van der Waals surface area (Å²) in [5, 5.41) is 30.6. The first-order valence-electron chi connectivity index (χ1n) is 5.48. The predicted molar refractivity (Wildman–Crippen MR) is 64.5 cm³/mol. The van der Waals surface area contributed by atoms with Gasteiger partial charge in [0, 0.05) is 5.69 Å². The second-order valence-electron chi connectivity index (χ2n) is 4.04. The minimum atomic E-state index is -0.841. The number of aryl methyl sites for hydroxylation is 1.